The predicted octanol–water partition coefficient (Wildman–Crippen LogP) is 4.12. The van der Waals surface area contributed by atoms with Gasteiger partial charge in [0.05, 0.1) is 11.6 Å². The van der Waals surface area contributed by atoms with Crippen LogP contribution in [0.25, 0.3) is 0 Å². The number of benzene rings is 1. The highest BCUT2D eigenvalue weighted by atomic mass is 16.1. The maximum Gasteiger partial charge on any atom is 0.162 e. The van der Waals surface area contributed by atoms with Crippen LogP contribution >= 0.6 is 0 Å². The molecule has 1 aliphatic heterocycles. The van der Waals surface area contributed by atoms with Gasteiger partial charge < -0.3 is 0 Å². The quantitative estimate of drug-likeness (QED) is 0.730. The summed E-state index contributed by atoms with van der Waals surface area (Å²) in [6.45, 7) is 8.33. The highest BCUT2D eigenvalue weighted by Gasteiger charge is 2.48. The lowest BCUT2D eigenvalue weighted by Crippen LogP contribution is -2.46. The summed E-state index contributed by atoms with van der Waals surface area (Å²) in [5.74, 6) is 6.28. The van der Waals surface area contributed by atoms with Gasteiger partial charge in [-0.05, 0) is 41.4 Å². The number of nitrogens with zero attached hydrogens (tertiary/aromatic N) is 2. The van der Waals surface area contributed by atoms with Crippen molar-refractivity contribution in [3.63, 3.8) is 0 Å². The number of hydrogen-bond acceptors (Lipinski definition) is 5. The van der Waals surface area contributed by atoms with E-state index in [2.05, 4.69) is 33.8 Å². The first-order valence-electron chi connectivity index (χ1n) is 10.1. The molecule has 0 saturated carbocycles. The van der Waals surface area contributed by atoms with E-state index in [4.69, 9.17) is 11.1 Å². The fraction of sp³-hybridized carbons (Fsp3) is 0.458. The number of hydrogen-bond donors (Lipinski definition) is 1. The van der Waals surface area contributed by atoms with Crippen LogP contribution in [0.3, 0.4) is 0 Å². The van der Waals surface area contributed by atoms with E-state index in [1.54, 1.807) is 17.1 Å². The second-order valence-electron chi connectivity index (χ2n) is 10.1. The van der Waals surface area contributed by atoms with Gasteiger partial charge in [-0.3, -0.25) is 14.6 Å². The SMILES string of the molecule is CC1(C)CC(=O)C2=C(C1)N(N)C1=C(C(=O)CC(C)(C)C1)C2c1ccc(C#N)cc1. The molecule has 3 aliphatic rings. The van der Waals surface area contributed by atoms with Gasteiger partial charge in [-0.2, -0.15) is 5.26 Å². The van der Waals surface area contributed by atoms with Crippen LogP contribution in [-0.2, 0) is 9.59 Å². The van der Waals surface area contributed by atoms with Crippen LogP contribution in [0.15, 0.2) is 46.8 Å². The highest BCUT2D eigenvalue weighted by Crippen LogP contribution is 2.53. The Balaban J connectivity index is 1.95. The minimum Gasteiger partial charge on any atom is -0.294 e. The molecule has 0 saturated heterocycles. The van der Waals surface area contributed by atoms with Crippen LogP contribution in [0, 0.1) is 22.2 Å². The van der Waals surface area contributed by atoms with E-state index >= 15 is 0 Å². The zero-order chi connectivity index (χ0) is 21.1. The minimum absolute atomic E-state index is 0.0604. The fourth-order valence-electron chi connectivity index (χ4n) is 5.08. The molecular formula is C24H27N3O2. The molecule has 4 rings (SSSR count). The Hall–Kier alpha value is -2.71. The zero-order valence-corrected chi connectivity index (χ0v) is 17.5. The Labute approximate surface area is 171 Å². The minimum atomic E-state index is -0.403. The van der Waals surface area contributed by atoms with Crippen LogP contribution in [0.4, 0.5) is 0 Å². The molecular weight excluding hydrogens is 362 g/mol. The molecule has 150 valence electrons. The van der Waals surface area contributed by atoms with Gasteiger partial charge in [0.25, 0.3) is 0 Å². The molecule has 0 unspecified atom stereocenters. The van der Waals surface area contributed by atoms with Crippen LogP contribution < -0.4 is 5.84 Å². The number of Topliss-reactive ketones (excluding diaryl/α,β-unsaturated/α-hetero) is 2. The average molecular weight is 389 g/mol. The lowest BCUT2D eigenvalue weighted by Gasteiger charge is -2.47. The molecule has 2 aliphatic carbocycles. The largest absolute Gasteiger partial charge is 0.294 e. The summed E-state index contributed by atoms with van der Waals surface area (Å²) in [7, 11) is 0. The number of rotatable bonds is 1. The first-order valence-corrected chi connectivity index (χ1v) is 10.1. The maximum absolute atomic E-state index is 13.3. The molecule has 0 aromatic heterocycles. The Morgan fingerprint density at radius 1 is 0.897 bits per heavy atom. The molecule has 0 radical (unpaired) electrons. The van der Waals surface area contributed by atoms with Crippen molar-refractivity contribution >= 4 is 11.6 Å². The lowest BCUT2D eigenvalue weighted by molar-refractivity contribution is -0.119. The Morgan fingerprint density at radius 3 is 1.76 bits per heavy atom. The summed E-state index contributed by atoms with van der Waals surface area (Å²) in [4.78, 5) is 26.6. The van der Waals surface area contributed by atoms with E-state index in [9.17, 15) is 9.59 Å². The summed E-state index contributed by atoms with van der Waals surface area (Å²) < 4.78 is 0. The van der Waals surface area contributed by atoms with Crippen molar-refractivity contribution in [3.05, 3.63) is 57.9 Å². The van der Waals surface area contributed by atoms with Gasteiger partial charge in [-0.25, -0.2) is 5.84 Å². The second-order valence-corrected chi connectivity index (χ2v) is 10.1. The highest BCUT2D eigenvalue weighted by molar-refractivity contribution is 6.06. The first kappa shape index (κ1) is 19.6. The third kappa shape index (κ3) is 3.22. The van der Waals surface area contributed by atoms with Crippen LogP contribution in [0.1, 0.15) is 70.4 Å². The third-order valence-electron chi connectivity index (χ3n) is 6.32. The van der Waals surface area contributed by atoms with Gasteiger partial charge in [0, 0.05) is 41.3 Å². The molecule has 1 aromatic carbocycles. The van der Waals surface area contributed by atoms with E-state index < -0.39 is 5.92 Å². The van der Waals surface area contributed by atoms with Crippen molar-refractivity contribution in [2.45, 2.75) is 59.3 Å². The standard InChI is InChI=1S/C24H27N3O2/c1-23(2)9-16-21(18(28)11-23)20(15-7-5-14(13-25)6-8-15)22-17(27(16)26)10-24(3,4)12-19(22)29/h5-8,20H,9-12,26H2,1-4H3. The lowest BCUT2D eigenvalue weighted by atomic mass is 9.64. The van der Waals surface area contributed by atoms with E-state index in [-0.39, 0.29) is 22.4 Å². The molecule has 0 amide bonds. The van der Waals surface area contributed by atoms with Crippen LogP contribution in [0.2, 0.25) is 0 Å². The molecule has 0 spiro atoms. The number of hydrazine groups is 1. The molecule has 0 bridgehead atoms. The Kier molecular flexibility index (Phi) is 4.32. The summed E-state index contributed by atoms with van der Waals surface area (Å²) >= 11 is 0. The number of nitriles is 1. The smallest absolute Gasteiger partial charge is 0.162 e. The number of allylic oxidation sites excluding steroid dienone is 4. The van der Waals surface area contributed by atoms with Crippen molar-refractivity contribution in [3.8, 4) is 6.07 Å². The van der Waals surface area contributed by atoms with Gasteiger partial charge in [0.2, 0.25) is 0 Å². The molecule has 5 nitrogen and oxygen atoms in total. The first-order chi connectivity index (χ1) is 13.5. The summed E-state index contributed by atoms with van der Waals surface area (Å²) in [6.07, 6.45) is 2.27. The van der Waals surface area contributed by atoms with Gasteiger partial charge in [-0.15, -0.1) is 0 Å². The van der Waals surface area contributed by atoms with Crippen molar-refractivity contribution in [2.75, 3.05) is 0 Å². The van der Waals surface area contributed by atoms with Crippen molar-refractivity contribution < 1.29 is 9.59 Å². The van der Waals surface area contributed by atoms with Gasteiger partial charge in [0.15, 0.2) is 11.6 Å². The van der Waals surface area contributed by atoms with E-state index in [1.807, 2.05) is 12.1 Å². The topological polar surface area (TPSA) is 87.2 Å². The number of ketones is 2. The Morgan fingerprint density at radius 2 is 1.34 bits per heavy atom. The van der Waals surface area contributed by atoms with Gasteiger partial charge in [0.1, 0.15) is 0 Å². The maximum atomic E-state index is 13.3. The molecule has 1 heterocycles. The molecule has 29 heavy (non-hydrogen) atoms. The molecule has 0 fully saturated rings. The summed E-state index contributed by atoms with van der Waals surface area (Å²) in [5, 5.41) is 10.8. The Bertz CT molecular complexity index is 965. The summed E-state index contributed by atoms with van der Waals surface area (Å²) in [5.41, 5.74) is 4.07. The second kappa shape index (κ2) is 6.40. The zero-order valence-electron chi connectivity index (χ0n) is 17.5. The van der Waals surface area contributed by atoms with Crippen molar-refractivity contribution in [1.82, 2.24) is 5.01 Å². The molecule has 5 heteroatoms. The number of carbonyl (C=O) groups excluding carboxylic acids is 2. The predicted molar refractivity (Wildman–Crippen MR) is 110 cm³/mol. The van der Waals surface area contributed by atoms with Gasteiger partial charge in [-0.1, -0.05) is 39.8 Å². The van der Waals surface area contributed by atoms with Crippen molar-refractivity contribution in [2.24, 2.45) is 16.7 Å². The van der Waals surface area contributed by atoms with E-state index in [0.717, 1.165) is 17.0 Å². The van der Waals surface area contributed by atoms with Crippen molar-refractivity contribution in [1.29, 1.82) is 5.26 Å². The van der Waals surface area contributed by atoms with E-state index in [0.29, 0.717) is 42.4 Å². The molecule has 1 aromatic rings. The fourth-order valence-corrected chi connectivity index (χ4v) is 5.08. The molecule has 0 atom stereocenters. The van der Waals surface area contributed by atoms with Gasteiger partial charge >= 0.3 is 0 Å². The number of nitrogens with two attached hydrogens (primary N) is 1. The summed E-state index contributed by atoms with van der Waals surface area (Å²) in [6, 6.07) is 9.36. The third-order valence-corrected chi connectivity index (χ3v) is 6.32. The van der Waals surface area contributed by atoms with E-state index in [1.165, 1.54) is 0 Å². The van der Waals surface area contributed by atoms with Crippen LogP contribution in [0.5, 0.6) is 0 Å². The molecule has 2 N–H and O–H groups in total. The number of carbonyl (C=O) groups is 2. The van der Waals surface area contributed by atoms with Crippen LogP contribution in [-0.4, -0.2) is 16.6 Å². The normalized spacial score (nSPS) is 23.7. The monoisotopic (exact) mass is 389 g/mol. The average Bonchev–Trinajstić information content (AvgIpc) is 2.62.